The minimum absolute atomic E-state index is 0.00991. The van der Waals surface area contributed by atoms with Gasteiger partial charge in [-0.15, -0.1) is 0 Å². The number of rotatable bonds is 1. The molecule has 1 aliphatic heterocycles. The molecule has 1 amide bonds. The standard InChI is InChI=1S/C17H20N4O2/c1-11-7-13(8-14(22)19-11)16(23)21-6-2-4-17(10-21)5-3-12-9-18-20-15(12)17/h7-9H,2-6,10H2,1H3,(H,18,20)(H,19,22). The smallest absolute Gasteiger partial charge is 0.254 e. The Kier molecular flexibility index (Phi) is 3.14. The average molecular weight is 312 g/mol. The first-order valence-electron chi connectivity index (χ1n) is 8.10. The van der Waals surface area contributed by atoms with E-state index in [1.165, 1.54) is 17.3 Å². The summed E-state index contributed by atoms with van der Waals surface area (Å²) in [5.41, 5.74) is 3.46. The number of H-pyrrole nitrogens is 2. The lowest BCUT2D eigenvalue weighted by molar-refractivity contribution is 0.0632. The van der Waals surface area contributed by atoms with Crippen LogP contribution in [0.1, 0.15) is 46.6 Å². The maximum atomic E-state index is 12.8. The number of hydrogen-bond acceptors (Lipinski definition) is 3. The highest BCUT2D eigenvalue weighted by molar-refractivity contribution is 5.94. The van der Waals surface area contributed by atoms with E-state index >= 15 is 0 Å². The fourth-order valence-corrected chi connectivity index (χ4v) is 4.16. The molecule has 1 aliphatic carbocycles. The molecule has 2 N–H and O–H groups in total. The number of pyridine rings is 1. The number of aryl methyl sites for hydroxylation is 2. The molecular formula is C17H20N4O2. The molecule has 2 aliphatic rings. The molecule has 0 radical (unpaired) electrons. The quantitative estimate of drug-likeness (QED) is 0.838. The predicted octanol–water partition coefficient (Wildman–Crippen LogP) is 1.53. The third kappa shape index (κ3) is 2.29. The van der Waals surface area contributed by atoms with Crippen LogP contribution in [0.2, 0.25) is 0 Å². The van der Waals surface area contributed by atoms with Crippen LogP contribution in [-0.2, 0) is 11.8 Å². The number of aromatic nitrogens is 3. The van der Waals surface area contributed by atoms with Crippen LogP contribution in [-0.4, -0.2) is 39.1 Å². The van der Waals surface area contributed by atoms with Crippen molar-refractivity contribution >= 4 is 5.91 Å². The summed E-state index contributed by atoms with van der Waals surface area (Å²) in [7, 11) is 0. The lowest BCUT2D eigenvalue weighted by Gasteiger charge is -2.40. The van der Waals surface area contributed by atoms with E-state index in [0.717, 1.165) is 32.2 Å². The minimum atomic E-state index is -0.225. The Hall–Kier alpha value is -2.37. The lowest BCUT2D eigenvalue weighted by Crippen LogP contribution is -2.48. The molecule has 0 bridgehead atoms. The van der Waals surface area contributed by atoms with Crippen LogP contribution in [0, 0.1) is 6.92 Å². The molecular weight excluding hydrogens is 292 g/mol. The largest absolute Gasteiger partial charge is 0.338 e. The van der Waals surface area contributed by atoms with Crippen LogP contribution in [0.4, 0.5) is 0 Å². The van der Waals surface area contributed by atoms with Crippen LogP contribution < -0.4 is 5.56 Å². The second kappa shape index (κ2) is 5.08. The summed E-state index contributed by atoms with van der Waals surface area (Å²) in [5.74, 6) is -0.0498. The van der Waals surface area contributed by atoms with Crippen molar-refractivity contribution in [3.63, 3.8) is 0 Å². The third-order valence-electron chi connectivity index (χ3n) is 5.21. The third-order valence-corrected chi connectivity index (χ3v) is 5.21. The van der Waals surface area contributed by atoms with E-state index in [9.17, 15) is 9.59 Å². The minimum Gasteiger partial charge on any atom is -0.338 e. The molecule has 0 saturated carbocycles. The lowest BCUT2D eigenvalue weighted by atomic mass is 9.77. The van der Waals surface area contributed by atoms with Crippen molar-refractivity contribution in [3.05, 3.63) is 51.2 Å². The van der Waals surface area contributed by atoms with Crippen molar-refractivity contribution < 1.29 is 4.79 Å². The summed E-state index contributed by atoms with van der Waals surface area (Å²) in [6, 6.07) is 3.15. The number of aromatic amines is 2. The highest BCUT2D eigenvalue weighted by atomic mass is 16.2. The van der Waals surface area contributed by atoms with Crippen LogP contribution in [0.5, 0.6) is 0 Å². The van der Waals surface area contributed by atoms with E-state index in [1.807, 2.05) is 11.1 Å². The number of nitrogens with zero attached hydrogens (tertiary/aromatic N) is 2. The van der Waals surface area contributed by atoms with E-state index < -0.39 is 0 Å². The molecule has 1 spiro atoms. The van der Waals surface area contributed by atoms with E-state index in [-0.39, 0.29) is 16.9 Å². The van der Waals surface area contributed by atoms with Gasteiger partial charge in [0.05, 0.1) is 6.20 Å². The molecule has 1 atom stereocenters. The van der Waals surface area contributed by atoms with Gasteiger partial charge in [0.25, 0.3) is 5.91 Å². The predicted molar refractivity (Wildman–Crippen MR) is 85.5 cm³/mol. The zero-order chi connectivity index (χ0) is 16.0. The Labute approximate surface area is 133 Å². The summed E-state index contributed by atoms with van der Waals surface area (Å²) in [4.78, 5) is 29.1. The normalized spacial score (nSPS) is 23.3. The van der Waals surface area contributed by atoms with Gasteiger partial charge in [0.2, 0.25) is 5.56 Å². The Morgan fingerprint density at radius 2 is 2.22 bits per heavy atom. The topological polar surface area (TPSA) is 81.8 Å². The van der Waals surface area contributed by atoms with E-state index in [4.69, 9.17) is 0 Å². The van der Waals surface area contributed by atoms with Gasteiger partial charge >= 0.3 is 0 Å². The zero-order valence-electron chi connectivity index (χ0n) is 13.2. The first kappa shape index (κ1) is 14.2. The summed E-state index contributed by atoms with van der Waals surface area (Å²) >= 11 is 0. The van der Waals surface area contributed by atoms with Crippen molar-refractivity contribution in [1.82, 2.24) is 20.1 Å². The summed E-state index contributed by atoms with van der Waals surface area (Å²) < 4.78 is 0. The number of likely N-dealkylation sites (tertiary alicyclic amines) is 1. The number of amides is 1. The Morgan fingerprint density at radius 3 is 3.04 bits per heavy atom. The monoisotopic (exact) mass is 312 g/mol. The van der Waals surface area contributed by atoms with Gasteiger partial charge < -0.3 is 9.88 Å². The van der Waals surface area contributed by atoms with Crippen molar-refractivity contribution in [2.45, 2.75) is 38.0 Å². The first-order valence-corrected chi connectivity index (χ1v) is 8.10. The SMILES string of the molecule is Cc1cc(C(=O)N2CCCC3(CCc4cn[nH]c43)C2)cc(=O)[nH]1. The fraction of sp³-hybridized carbons (Fsp3) is 0.471. The molecule has 1 unspecified atom stereocenters. The molecule has 1 fully saturated rings. The number of hydrogen-bond donors (Lipinski definition) is 2. The molecule has 2 aromatic heterocycles. The van der Waals surface area contributed by atoms with Gasteiger partial charge in [-0.3, -0.25) is 14.7 Å². The highest BCUT2D eigenvalue weighted by Crippen LogP contribution is 2.43. The number of carbonyl (C=O) groups excluding carboxylic acids is 1. The van der Waals surface area contributed by atoms with Crippen LogP contribution >= 0.6 is 0 Å². The molecule has 0 aromatic carbocycles. The second-order valence-electron chi connectivity index (χ2n) is 6.80. The molecule has 1 saturated heterocycles. The molecule has 2 aromatic rings. The van der Waals surface area contributed by atoms with Crippen molar-refractivity contribution in [2.24, 2.45) is 0 Å². The fourth-order valence-electron chi connectivity index (χ4n) is 4.16. The van der Waals surface area contributed by atoms with E-state index in [0.29, 0.717) is 17.8 Å². The molecule has 23 heavy (non-hydrogen) atoms. The Morgan fingerprint density at radius 1 is 1.35 bits per heavy atom. The van der Waals surface area contributed by atoms with E-state index in [2.05, 4.69) is 15.2 Å². The molecule has 3 heterocycles. The van der Waals surface area contributed by atoms with Gasteiger partial charge in [-0.1, -0.05) is 0 Å². The first-order chi connectivity index (χ1) is 11.1. The van der Waals surface area contributed by atoms with Crippen LogP contribution in [0.15, 0.2) is 23.1 Å². The number of piperidine rings is 1. The highest BCUT2D eigenvalue weighted by Gasteiger charge is 2.44. The molecule has 6 nitrogen and oxygen atoms in total. The van der Waals surface area contributed by atoms with Crippen molar-refractivity contribution in [3.8, 4) is 0 Å². The second-order valence-corrected chi connectivity index (χ2v) is 6.80. The van der Waals surface area contributed by atoms with Gasteiger partial charge in [-0.25, -0.2) is 0 Å². The van der Waals surface area contributed by atoms with Gasteiger partial charge in [0, 0.05) is 41.5 Å². The van der Waals surface area contributed by atoms with Gasteiger partial charge in [-0.2, -0.15) is 5.10 Å². The van der Waals surface area contributed by atoms with Crippen LogP contribution in [0.3, 0.4) is 0 Å². The van der Waals surface area contributed by atoms with Gasteiger partial charge in [0.15, 0.2) is 0 Å². The van der Waals surface area contributed by atoms with Gasteiger partial charge in [0.1, 0.15) is 0 Å². The number of carbonyl (C=O) groups is 1. The Bertz CT molecular complexity index is 822. The maximum Gasteiger partial charge on any atom is 0.254 e. The average Bonchev–Trinajstić information content (AvgIpc) is 3.11. The molecule has 120 valence electrons. The number of fused-ring (bicyclic) bond motifs is 2. The van der Waals surface area contributed by atoms with Crippen LogP contribution in [0.25, 0.3) is 0 Å². The summed E-state index contributed by atoms with van der Waals surface area (Å²) in [6.45, 7) is 3.24. The molecule has 6 heteroatoms. The maximum absolute atomic E-state index is 12.8. The zero-order valence-corrected chi connectivity index (χ0v) is 13.2. The molecule has 4 rings (SSSR count). The van der Waals surface area contributed by atoms with Gasteiger partial charge in [-0.05, 0) is 44.2 Å². The van der Waals surface area contributed by atoms with Crippen molar-refractivity contribution in [2.75, 3.05) is 13.1 Å². The van der Waals surface area contributed by atoms with E-state index in [1.54, 1.807) is 13.0 Å². The number of nitrogens with one attached hydrogen (secondary N) is 2. The summed E-state index contributed by atoms with van der Waals surface area (Å²) in [6.07, 6.45) is 6.06. The Balaban J connectivity index is 1.63. The summed E-state index contributed by atoms with van der Waals surface area (Å²) in [5, 5.41) is 7.32. The van der Waals surface area contributed by atoms with Crippen molar-refractivity contribution in [1.29, 1.82) is 0 Å².